The van der Waals surface area contributed by atoms with E-state index in [-0.39, 0.29) is 6.04 Å². The number of rotatable bonds is 6. The van der Waals surface area contributed by atoms with Gasteiger partial charge in [-0.05, 0) is 25.0 Å². The number of hydrogen-bond donors (Lipinski definition) is 1. The first-order valence-electron chi connectivity index (χ1n) is 5.97. The van der Waals surface area contributed by atoms with Crippen LogP contribution in [0.25, 0.3) is 0 Å². The van der Waals surface area contributed by atoms with E-state index >= 15 is 0 Å². The van der Waals surface area contributed by atoms with Crippen LogP contribution in [-0.2, 0) is 0 Å². The highest BCUT2D eigenvalue weighted by molar-refractivity contribution is 6.35. The summed E-state index contributed by atoms with van der Waals surface area (Å²) in [5.41, 5.74) is 7.02. The Morgan fingerprint density at radius 3 is 2.53 bits per heavy atom. The van der Waals surface area contributed by atoms with Gasteiger partial charge in [-0.15, -0.1) is 0 Å². The molecule has 0 heterocycles. The lowest BCUT2D eigenvalue weighted by Crippen LogP contribution is -2.12. The van der Waals surface area contributed by atoms with E-state index in [1.54, 1.807) is 6.07 Å². The molecule has 2 N–H and O–H groups in total. The van der Waals surface area contributed by atoms with E-state index in [1.807, 2.05) is 6.07 Å². The lowest BCUT2D eigenvalue weighted by atomic mass is 10.0. The largest absolute Gasteiger partial charge is 0.492 e. The minimum Gasteiger partial charge on any atom is -0.492 e. The molecule has 4 heteroatoms. The van der Waals surface area contributed by atoms with Crippen LogP contribution in [0.5, 0.6) is 5.75 Å². The fourth-order valence-electron chi connectivity index (χ4n) is 1.68. The van der Waals surface area contributed by atoms with Crippen molar-refractivity contribution in [2.24, 2.45) is 5.73 Å². The molecule has 0 saturated heterocycles. The van der Waals surface area contributed by atoms with Crippen LogP contribution < -0.4 is 10.5 Å². The van der Waals surface area contributed by atoms with Gasteiger partial charge in [-0.25, -0.2) is 0 Å². The van der Waals surface area contributed by atoms with Crippen LogP contribution in [0.4, 0.5) is 0 Å². The normalized spacial score (nSPS) is 12.5. The van der Waals surface area contributed by atoms with Crippen LogP contribution >= 0.6 is 23.2 Å². The van der Waals surface area contributed by atoms with Crippen LogP contribution in [0, 0.1) is 0 Å². The van der Waals surface area contributed by atoms with E-state index in [1.165, 1.54) is 0 Å². The highest BCUT2D eigenvalue weighted by Crippen LogP contribution is 2.36. The van der Waals surface area contributed by atoms with Gasteiger partial charge in [-0.2, -0.15) is 0 Å². The van der Waals surface area contributed by atoms with Gasteiger partial charge in [0.15, 0.2) is 0 Å². The smallest absolute Gasteiger partial charge is 0.142 e. The molecule has 0 aliphatic carbocycles. The molecule has 0 bridgehead atoms. The van der Waals surface area contributed by atoms with E-state index in [0.29, 0.717) is 22.4 Å². The third kappa shape index (κ3) is 4.06. The summed E-state index contributed by atoms with van der Waals surface area (Å²) in [6.07, 6.45) is 2.83. The van der Waals surface area contributed by atoms with Gasteiger partial charge >= 0.3 is 0 Å². The highest BCUT2D eigenvalue weighted by Gasteiger charge is 2.16. The molecule has 0 aliphatic heterocycles. The van der Waals surface area contributed by atoms with E-state index in [9.17, 15) is 0 Å². The Morgan fingerprint density at radius 2 is 1.94 bits per heavy atom. The van der Waals surface area contributed by atoms with Crippen LogP contribution in [0.15, 0.2) is 12.1 Å². The number of hydrogen-bond acceptors (Lipinski definition) is 2. The van der Waals surface area contributed by atoms with Gasteiger partial charge < -0.3 is 10.5 Å². The lowest BCUT2D eigenvalue weighted by Gasteiger charge is -2.18. The fraction of sp³-hybridized carbons (Fsp3) is 0.538. The molecule has 0 saturated carbocycles. The Morgan fingerprint density at radius 1 is 1.24 bits per heavy atom. The number of ether oxygens (including phenoxy) is 1. The lowest BCUT2D eigenvalue weighted by molar-refractivity contribution is 0.312. The second kappa shape index (κ2) is 7.10. The Kier molecular flexibility index (Phi) is 6.10. The first-order valence-corrected chi connectivity index (χ1v) is 6.73. The fourth-order valence-corrected chi connectivity index (χ4v) is 2.24. The molecule has 1 rings (SSSR count). The molecule has 0 radical (unpaired) electrons. The summed E-state index contributed by atoms with van der Waals surface area (Å²) in [5, 5.41) is 1.13. The predicted octanol–water partition coefficient (Wildman–Crippen LogP) is 4.58. The molecule has 17 heavy (non-hydrogen) atoms. The molecule has 0 fully saturated rings. The minimum absolute atomic E-state index is 0.0805. The van der Waals surface area contributed by atoms with Crippen molar-refractivity contribution in [3.05, 3.63) is 27.7 Å². The van der Waals surface area contributed by atoms with Gasteiger partial charge in [0.2, 0.25) is 0 Å². The van der Waals surface area contributed by atoms with Crippen molar-refractivity contribution in [3.63, 3.8) is 0 Å². The third-order valence-electron chi connectivity index (χ3n) is 2.49. The monoisotopic (exact) mass is 275 g/mol. The summed E-state index contributed by atoms with van der Waals surface area (Å²) in [6, 6.07) is 3.46. The molecule has 1 unspecified atom stereocenters. The third-order valence-corrected chi connectivity index (χ3v) is 2.99. The van der Waals surface area contributed by atoms with Crippen molar-refractivity contribution in [2.45, 2.75) is 39.2 Å². The van der Waals surface area contributed by atoms with Crippen molar-refractivity contribution in [1.29, 1.82) is 0 Å². The van der Waals surface area contributed by atoms with Gasteiger partial charge in [0, 0.05) is 16.6 Å². The van der Waals surface area contributed by atoms with Crippen molar-refractivity contribution in [3.8, 4) is 5.75 Å². The van der Waals surface area contributed by atoms with Gasteiger partial charge in [0.05, 0.1) is 11.6 Å². The Balaban J connectivity index is 3.05. The summed E-state index contributed by atoms with van der Waals surface area (Å²) in [7, 11) is 0. The van der Waals surface area contributed by atoms with Gasteiger partial charge in [0.25, 0.3) is 0 Å². The molecule has 2 nitrogen and oxygen atoms in total. The summed E-state index contributed by atoms with van der Waals surface area (Å²) in [5.74, 6) is 0.680. The molecule has 1 aromatic rings. The minimum atomic E-state index is -0.0805. The number of nitrogens with two attached hydrogens (primary N) is 1. The van der Waals surface area contributed by atoms with E-state index in [2.05, 4.69) is 13.8 Å². The zero-order chi connectivity index (χ0) is 12.8. The maximum absolute atomic E-state index is 6.15. The molecule has 1 atom stereocenters. The molecule has 0 amide bonds. The summed E-state index contributed by atoms with van der Waals surface area (Å²) in [4.78, 5) is 0. The molecule has 0 aromatic heterocycles. The van der Waals surface area contributed by atoms with Gasteiger partial charge in [-0.1, -0.05) is 43.5 Å². The van der Waals surface area contributed by atoms with Gasteiger partial charge in [0.1, 0.15) is 5.75 Å². The second-order valence-electron chi connectivity index (χ2n) is 4.05. The summed E-state index contributed by atoms with van der Waals surface area (Å²) >= 11 is 12.2. The van der Waals surface area contributed by atoms with Crippen LogP contribution in [-0.4, -0.2) is 6.61 Å². The number of benzene rings is 1. The summed E-state index contributed by atoms with van der Waals surface area (Å²) < 4.78 is 5.67. The van der Waals surface area contributed by atoms with Crippen molar-refractivity contribution in [1.82, 2.24) is 0 Å². The van der Waals surface area contributed by atoms with Crippen molar-refractivity contribution < 1.29 is 4.74 Å². The van der Waals surface area contributed by atoms with E-state index in [4.69, 9.17) is 33.7 Å². The average molecular weight is 276 g/mol. The van der Waals surface area contributed by atoms with Crippen molar-refractivity contribution >= 4 is 23.2 Å². The summed E-state index contributed by atoms with van der Waals surface area (Å²) in [6.45, 7) is 4.78. The highest BCUT2D eigenvalue weighted by atomic mass is 35.5. The zero-order valence-corrected chi connectivity index (χ0v) is 11.8. The Labute approximate surface area is 113 Å². The molecular weight excluding hydrogens is 257 g/mol. The first kappa shape index (κ1) is 14.6. The molecule has 0 spiro atoms. The van der Waals surface area contributed by atoms with Gasteiger partial charge in [-0.3, -0.25) is 0 Å². The van der Waals surface area contributed by atoms with E-state index < -0.39 is 0 Å². The second-order valence-corrected chi connectivity index (χ2v) is 4.89. The first-order chi connectivity index (χ1) is 8.10. The standard InChI is InChI=1S/C13H19Cl2NO/c1-3-5-12(16)10-7-9(14)8-11(15)13(10)17-6-4-2/h7-8,12H,3-6,16H2,1-2H3. The maximum Gasteiger partial charge on any atom is 0.142 e. The Hall–Kier alpha value is -0.440. The molecule has 96 valence electrons. The topological polar surface area (TPSA) is 35.2 Å². The number of halogens is 2. The van der Waals surface area contributed by atoms with Crippen molar-refractivity contribution in [2.75, 3.05) is 6.61 Å². The Bertz CT molecular complexity index is 369. The SMILES string of the molecule is CCCOc1c(Cl)cc(Cl)cc1C(N)CCC. The predicted molar refractivity (Wildman–Crippen MR) is 74.1 cm³/mol. The van der Waals surface area contributed by atoms with Crippen LogP contribution in [0.2, 0.25) is 10.0 Å². The van der Waals surface area contributed by atoms with E-state index in [0.717, 1.165) is 24.8 Å². The average Bonchev–Trinajstić information content (AvgIpc) is 2.27. The zero-order valence-electron chi connectivity index (χ0n) is 10.3. The quantitative estimate of drug-likeness (QED) is 0.825. The van der Waals surface area contributed by atoms with Crippen LogP contribution in [0.1, 0.15) is 44.7 Å². The van der Waals surface area contributed by atoms with Crippen LogP contribution in [0.3, 0.4) is 0 Å². The maximum atomic E-state index is 6.15. The molecule has 0 aliphatic rings. The molecule has 1 aromatic carbocycles. The molecular formula is C13H19Cl2NO.